The summed E-state index contributed by atoms with van der Waals surface area (Å²) in [6.45, 7) is 0. The van der Waals surface area contributed by atoms with Gasteiger partial charge in [0.15, 0.2) is 11.5 Å². The van der Waals surface area contributed by atoms with E-state index in [1.807, 2.05) is 30.3 Å². The Balaban J connectivity index is 2.09. The van der Waals surface area contributed by atoms with Crippen molar-refractivity contribution in [2.45, 2.75) is 0 Å². The molecule has 3 aromatic rings. The quantitative estimate of drug-likeness (QED) is 0.657. The molecule has 2 heterocycles. The molecule has 0 aliphatic heterocycles. The third-order valence-corrected chi connectivity index (χ3v) is 2.79. The summed E-state index contributed by atoms with van der Waals surface area (Å²) in [6.07, 6.45) is 1.70. The van der Waals surface area contributed by atoms with Gasteiger partial charge in [-0.2, -0.15) is 0 Å². The zero-order chi connectivity index (χ0) is 13.2. The minimum absolute atomic E-state index is 0.383. The topological polar surface area (TPSA) is 56.5 Å². The summed E-state index contributed by atoms with van der Waals surface area (Å²) < 4.78 is 6.31. The summed E-state index contributed by atoms with van der Waals surface area (Å²) in [5.74, 6) is 0.245. The Labute approximate surface area is 109 Å². The number of rotatable bonds is 2. The molecule has 0 amide bonds. The molecule has 0 bridgehead atoms. The van der Waals surface area contributed by atoms with E-state index in [-0.39, 0.29) is 5.97 Å². The number of benzene rings is 1. The van der Waals surface area contributed by atoms with Crippen LogP contribution in [0.2, 0.25) is 0 Å². The van der Waals surface area contributed by atoms with E-state index in [9.17, 15) is 4.79 Å². The van der Waals surface area contributed by atoms with Crippen molar-refractivity contribution in [3.63, 3.8) is 0 Å². The summed E-state index contributed by atoms with van der Waals surface area (Å²) in [6, 6.07) is 13.0. The molecule has 19 heavy (non-hydrogen) atoms. The van der Waals surface area contributed by atoms with Crippen LogP contribution in [0.3, 0.4) is 0 Å². The maximum absolute atomic E-state index is 11.5. The third kappa shape index (κ3) is 2.06. The molecule has 2 aromatic heterocycles. The van der Waals surface area contributed by atoms with Crippen LogP contribution in [0.4, 0.5) is 0 Å². The van der Waals surface area contributed by atoms with Crippen LogP contribution in [0.15, 0.2) is 48.7 Å². The second-order valence-electron chi connectivity index (χ2n) is 4.01. The molecule has 0 spiro atoms. The first-order valence-electron chi connectivity index (χ1n) is 5.78. The van der Waals surface area contributed by atoms with Gasteiger partial charge in [0, 0.05) is 11.8 Å². The van der Waals surface area contributed by atoms with Gasteiger partial charge in [-0.1, -0.05) is 30.3 Å². The molecule has 0 unspecified atom stereocenters. The highest BCUT2D eigenvalue weighted by Gasteiger charge is 2.10. The number of nitrogens with zero attached hydrogens (tertiary/aromatic N) is 3. The minimum atomic E-state index is -0.383. The van der Waals surface area contributed by atoms with Gasteiger partial charge in [-0.25, -0.2) is 14.3 Å². The fourth-order valence-electron chi connectivity index (χ4n) is 1.84. The standard InChI is InChI=1S/C14H11N3O2/c1-19-14(18)11-7-8-17-12(9-11)15-13(16-17)10-5-3-2-4-6-10/h2-9H,1H3. The van der Waals surface area contributed by atoms with Crippen LogP contribution >= 0.6 is 0 Å². The highest BCUT2D eigenvalue weighted by Crippen LogP contribution is 2.16. The Morgan fingerprint density at radius 2 is 2.00 bits per heavy atom. The summed E-state index contributed by atoms with van der Waals surface area (Å²) in [5, 5.41) is 4.36. The predicted molar refractivity (Wildman–Crippen MR) is 69.8 cm³/mol. The number of hydrogen-bond acceptors (Lipinski definition) is 4. The zero-order valence-corrected chi connectivity index (χ0v) is 10.3. The number of carbonyl (C=O) groups is 1. The molecular formula is C14H11N3O2. The molecule has 0 aliphatic rings. The summed E-state index contributed by atoms with van der Waals surface area (Å²) >= 11 is 0. The maximum Gasteiger partial charge on any atom is 0.338 e. The van der Waals surface area contributed by atoms with Crippen LogP contribution in [0.1, 0.15) is 10.4 Å². The van der Waals surface area contributed by atoms with Gasteiger partial charge in [-0.3, -0.25) is 0 Å². The normalized spacial score (nSPS) is 10.6. The molecule has 0 aliphatic carbocycles. The lowest BCUT2D eigenvalue weighted by Gasteiger charge is -1.97. The van der Waals surface area contributed by atoms with Crippen molar-refractivity contribution in [1.82, 2.24) is 14.6 Å². The average molecular weight is 253 g/mol. The molecule has 94 valence electrons. The van der Waals surface area contributed by atoms with Gasteiger partial charge in [0.1, 0.15) is 0 Å². The van der Waals surface area contributed by atoms with E-state index < -0.39 is 0 Å². The lowest BCUT2D eigenvalue weighted by atomic mass is 10.2. The number of methoxy groups -OCH3 is 1. The molecule has 0 N–H and O–H groups in total. The van der Waals surface area contributed by atoms with E-state index >= 15 is 0 Å². The summed E-state index contributed by atoms with van der Waals surface area (Å²) in [4.78, 5) is 15.9. The smallest absolute Gasteiger partial charge is 0.338 e. The fourth-order valence-corrected chi connectivity index (χ4v) is 1.84. The minimum Gasteiger partial charge on any atom is -0.465 e. The van der Waals surface area contributed by atoms with E-state index in [0.717, 1.165) is 5.56 Å². The van der Waals surface area contributed by atoms with Crippen LogP contribution in [-0.2, 0) is 4.74 Å². The van der Waals surface area contributed by atoms with Gasteiger partial charge in [-0.15, -0.1) is 5.10 Å². The number of esters is 1. The van der Waals surface area contributed by atoms with E-state index in [1.54, 1.807) is 22.8 Å². The van der Waals surface area contributed by atoms with Crippen LogP contribution in [0, 0.1) is 0 Å². The van der Waals surface area contributed by atoms with Gasteiger partial charge in [0.2, 0.25) is 0 Å². The lowest BCUT2D eigenvalue weighted by Crippen LogP contribution is -2.02. The Morgan fingerprint density at radius 1 is 1.21 bits per heavy atom. The van der Waals surface area contributed by atoms with Crippen molar-refractivity contribution in [3.8, 4) is 11.4 Å². The second-order valence-corrected chi connectivity index (χ2v) is 4.01. The Bertz CT molecular complexity index is 735. The lowest BCUT2D eigenvalue weighted by molar-refractivity contribution is 0.0600. The molecule has 5 nitrogen and oxygen atoms in total. The van der Waals surface area contributed by atoms with Gasteiger partial charge in [0.25, 0.3) is 0 Å². The maximum atomic E-state index is 11.5. The van der Waals surface area contributed by atoms with Crippen LogP contribution in [0.5, 0.6) is 0 Å². The molecule has 0 fully saturated rings. The number of aromatic nitrogens is 3. The molecule has 0 radical (unpaired) electrons. The number of pyridine rings is 1. The molecule has 0 atom stereocenters. The van der Waals surface area contributed by atoms with Gasteiger partial charge in [-0.05, 0) is 12.1 Å². The number of hydrogen-bond donors (Lipinski definition) is 0. The Hall–Kier alpha value is -2.69. The van der Waals surface area contributed by atoms with Gasteiger partial charge >= 0.3 is 5.97 Å². The highest BCUT2D eigenvalue weighted by molar-refractivity contribution is 5.90. The number of carbonyl (C=O) groups excluding carboxylic acids is 1. The third-order valence-electron chi connectivity index (χ3n) is 2.79. The van der Waals surface area contributed by atoms with E-state index in [1.165, 1.54) is 7.11 Å². The van der Waals surface area contributed by atoms with Crippen LogP contribution in [-0.4, -0.2) is 27.7 Å². The Morgan fingerprint density at radius 3 is 2.74 bits per heavy atom. The number of ether oxygens (including phenoxy) is 1. The zero-order valence-electron chi connectivity index (χ0n) is 10.3. The molecule has 3 rings (SSSR count). The number of fused-ring (bicyclic) bond motifs is 1. The van der Waals surface area contributed by atoms with E-state index in [2.05, 4.69) is 14.8 Å². The average Bonchev–Trinajstić information content (AvgIpc) is 2.90. The van der Waals surface area contributed by atoms with Crippen molar-refractivity contribution < 1.29 is 9.53 Å². The van der Waals surface area contributed by atoms with E-state index in [0.29, 0.717) is 17.0 Å². The first kappa shape index (κ1) is 11.4. The molecule has 5 heteroatoms. The van der Waals surface area contributed by atoms with Gasteiger partial charge < -0.3 is 4.74 Å². The predicted octanol–water partition coefficient (Wildman–Crippen LogP) is 2.18. The SMILES string of the molecule is COC(=O)c1ccn2nc(-c3ccccc3)nc2c1. The van der Waals surface area contributed by atoms with Crippen LogP contribution < -0.4 is 0 Å². The first-order valence-corrected chi connectivity index (χ1v) is 5.78. The first-order chi connectivity index (χ1) is 9.28. The van der Waals surface area contributed by atoms with E-state index in [4.69, 9.17) is 0 Å². The monoisotopic (exact) mass is 253 g/mol. The van der Waals surface area contributed by atoms with Crippen molar-refractivity contribution in [3.05, 3.63) is 54.2 Å². The fraction of sp³-hybridized carbons (Fsp3) is 0.0714. The van der Waals surface area contributed by atoms with Crippen molar-refractivity contribution in [2.75, 3.05) is 7.11 Å². The van der Waals surface area contributed by atoms with Crippen molar-refractivity contribution in [1.29, 1.82) is 0 Å². The van der Waals surface area contributed by atoms with Gasteiger partial charge in [0.05, 0.1) is 12.7 Å². The largest absolute Gasteiger partial charge is 0.465 e. The molecule has 1 aromatic carbocycles. The second kappa shape index (κ2) is 4.53. The summed E-state index contributed by atoms with van der Waals surface area (Å²) in [7, 11) is 1.35. The van der Waals surface area contributed by atoms with Crippen molar-refractivity contribution >= 4 is 11.6 Å². The van der Waals surface area contributed by atoms with Crippen molar-refractivity contribution in [2.24, 2.45) is 0 Å². The Kier molecular flexibility index (Phi) is 2.72. The highest BCUT2D eigenvalue weighted by atomic mass is 16.5. The molecule has 0 saturated carbocycles. The summed E-state index contributed by atoms with van der Waals surface area (Å²) in [5.41, 5.74) is 2.01. The molecule has 0 saturated heterocycles. The molecular weight excluding hydrogens is 242 g/mol. The van der Waals surface area contributed by atoms with Crippen LogP contribution in [0.25, 0.3) is 17.0 Å².